The number of aromatic nitrogens is 5. The quantitative estimate of drug-likeness (QED) is 0.548. The predicted molar refractivity (Wildman–Crippen MR) is 135 cm³/mol. The van der Waals surface area contributed by atoms with Crippen molar-refractivity contribution in [2.45, 2.75) is 104 Å². The third-order valence-electron chi connectivity index (χ3n) is 7.31. The van der Waals surface area contributed by atoms with Crippen molar-refractivity contribution in [2.24, 2.45) is 11.3 Å². The van der Waals surface area contributed by atoms with E-state index in [1.54, 1.807) is 6.20 Å². The van der Waals surface area contributed by atoms with Gasteiger partial charge in [-0.05, 0) is 31.1 Å². The van der Waals surface area contributed by atoms with Crippen LogP contribution in [-0.4, -0.2) is 65.3 Å². The molecule has 1 aliphatic carbocycles. The maximum Gasteiger partial charge on any atom is 0.243 e. The molecule has 0 unspecified atom stereocenters. The number of carbonyl (C=O) groups is 2. The highest BCUT2D eigenvalue weighted by Gasteiger charge is 2.41. The van der Waals surface area contributed by atoms with Crippen LogP contribution in [0.1, 0.15) is 89.2 Å². The maximum atomic E-state index is 13.5. The molecule has 10 heteroatoms. The molecule has 1 saturated heterocycles. The van der Waals surface area contributed by atoms with Gasteiger partial charge in [0, 0.05) is 55.8 Å². The molecule has 2 N–H and O–H groups in total. The second-order valence-corrected chi connectivity index (χ2v) is 12.0. The largest absolute Gasteiger partial charge is 0.391 e. The van der Waals surface area contributed by atoms with Gasteiger partial charge >= 0.3 is 0 Å². The number of hydrogen-bond acceptors (Lipinski definition) is 6. The Morgan fingerprint density at radius 3 is 2.61 bits per heavy atom. The summed E-state index contributed by atoms with van der Waals surface area (Å²) in [7, 11) is 0. The van der Waals surface area contributed by atoms with Crippen molar-refractivity contribution in [2.75, 3.05) is 6.54 Å². The van der Waals surface area contributed by atoms with E-state index in [4.69, 9.17) is 0 Å². The fourth-order valence-corrected chi connectivity index (χ4v) is 4.91. The molecule has 2 fully saturated rings. The third kappa shape index (κ3) is 5.96. The van der Waals surface area contributed by atoms with Gasteiger partial charge in [0.15, 0.2) is 0 Å². The van der Waals surface area contributed by atoms with E-state index in [0.717, 1.165) is 36.3 Å². The first-order valence-electron chi connectivity index (χ1n) is 13.1. The van der Waals surface area contributed by atoms with Crippen molar-refractivity contribution in [1.29, 1.82) is 0 Å². The number of amides is 2. The Balaban J connectivity index is 1.42. The lowest BCUT2D eigenvalue weighted by atomic mass is 9.84. The fraction of sp³-hybridized carbons (Fsp3) is 0.731. The van der Waals surface area contributed by atoms with Crippen molar-refractivity contribution in [3.05, 3.63) is 29.3 Å². The van der Waals surface area contributed by atoms with Gasteiger partial charge in [-0.2, -0.15) is 5.10 Å². The number of likely N-dealkylation sites (tertiary alicyclic amines) is 1. The van der Waals surface area contributed by atoms with E-state index < -0.39 is 12.1 Å². The highest BCUT2D eigenvalue weighted by atomic mass is 16.3. The highest BCUT2D eigenvalue weighted by Crippen LogP contribution is 2.40. The van der Waals surface area contributed by atoms with E-state index >= 15 is 0 Å². The molecule has 4 rings (SSSR count). The first kappa shape index (κ1) is 26.3. The zero-order chi connectivity index (χ0) is 26.2. The number of rotatable bonds is 9. The van der Waals surface area contributed by atoms with E-state index in [9.17, 15) is 14.7 Å². The maximum absolute atomic E-state index is 13.5. The van der Waals surface area contributed by atoms with Crippen LogP contribution in [0.25, 0.3) is 0 Å². The van der Waals surface area contributed by atoms with Crippen molar-refractivity contribution in [3.8, 4) is 0 Å². The molecule has 3 heterocycles. The van der Waals surface area contributed by atoms with E-state index in [1.807, 2.05) is 22.5 Å². The van der Waals surface area contributed by atoms with Crippen LogP contribution in [0, 0.1) is 18.3 Å². The van der Waals surface area contributed by atoms with Crippen molar-refractivity contribution < 1.29 is 14.7 Å². The average Bonchev–Trinajstić information content (AvgIpc) is 3.24. The normalized spacial score (nSPS) is 21.3. The minimum atomic E-state index is -0.721. The Kier molecular flexibility index (Phi) is 7.54. The molecule has 3 atom stereocenters. The molecule has 0 spiro atoms. The number of nitrogens with one attached hydrogen (secondary N) is 1. The van der Waals surface area contributed by atoms with Crippen LogP contribution in [0.5, 0.6) is 0 Å². The first-order valence-corrected chi connectivity index (χ1v) is 13.1. The molecule has 10 nitrogen and oxygen atoms in total. The van der Waals surface area contributed by atoms with Gasteiger partial charge in [0.2, 0.25) is 11.8 Å². The molecule has 0 bridgehead atoms. The van der Waals surface area contributed by atoms with Gasteiger partial charge in [0.05, 0.1) is 24.0 Å². The third-order valence-corrected chi connectivity index (χ3v) is 7.31. The molecule has 0 radical (unpaired) electrons. The number of hydrogen-bond donors (Lipinski definition) is 2. The lowest BCUT2D eigenvalue weighted by Gasteiger charge is -2.32. The Hall–Kier alpha value is -2.75. The van der Waals surface area contributed by atoms with Gasteiger partial charge in [-0.15, -0.1) is 5.10 Å². The summed E-state index contributed by atoms with van der Waals surface area (Å²) in [4.78, 5) is 28.2. The summed E-state index contributed by atoms with van der Waals surface area (Å²) in [5, 5.41) is 26.4. The summed E-state index contributed by atoms with van der Waals surface area (Å²) in [6.45, 7) is 13.8. The second kappa shape index (κ2) is 10.3. The van der Waals surface area contributed by atoms with Gasteiger partial charge in [0.25, 0.3) is 0 Å². The molecule has 2 amide bonds. The van der Waals surface area contributed by atoms with Gasteiger partial charge in [0.1, 0.15) is 6.04 Å². The Labute approximate surface area is 213 Å². The van der Waals surface area contributed by atoms with Gasteiger partial charge in [-0.25, -0.2) is 4.68 Å². The summed E-state index contributed by atoms with van der Waals surface area (Å²) < 4.78 is 3.76. The zero-order valence-electron chi connectivity index (χ0n) is 22.4. The Bertz CT molecular complexity index is 1080. The van der Waals surface area contributed by atoms with E-state index in [-0.39, 0.29) is 42.7 Å². The van der Waals surface area contributed by atoms with Gasteiger partial charge < -0.3 is 15.3 Å². The Morgan fingerprint density at radius 1 is 1.25 bits per heavy atom. The van der Waals surface area contributed by atoms with Crippen molar-refractivity contribution in [3.63, 3.8) is 0 Å². The van der Waals surface area contributed by atoms with Crippen LogP contribution < -0.4 is 5.32 Å². The number of aliphatic hydroxyl groups is 1. The van der Waals surface area contributed by atoms with Gasteiger partial charge in [-0.1, -0.05) is 39.8 Å². The first-order chi connectivity index (χ1) is 16.9. The zero-order valence-corrected chi connectivity index (χ0v) is 22.4. The molecule has 0 aromatic carbocycles. The number of carbonyl (C=O) groups excluding carboxylic acids is 2. The van der Waals surface area contributed by atoms with Crippen LogP contribution in [0.3, 0.4) is 0 Å². The summed E-state index contributed by atoms with van der Waals surface area (Å²) in [5.74, 6) is 0.550. The molecule has 2 aromatic heterocycles. The molecule has 36 heavy (non-hydrogen) atoms. The van der Waals surface area contributed by atoms with Crippen LogP contribution in [0.15, 0.2) is 12.4 Å². The highest BCUT2D eigenvalue weighted by molar-refractivity contribution is 5.88. The predicted octanol–water partition coefficient (Wildman–Crippen LogP) is 2.57. The molecule has 2 aromatic rings. The number of nitrogens with zero attached hydrogens (tertiary/aromatic N) is 6. The minimum absolute atomic E-state index is 0.156. The molecular formula is C26H41N7O3. The SMILES string of the molecule is Cc1c(CNC(=O)[C@@H]2C[C@@H](O)CN2C(=O)C[C@@H](n2cc(C3CC3)nn2)C(C)(C)C)cnn1CC(C)C. The summed E-state index contributed by atoms with van der Waals surface area (Å²) in [6, 6.07) is -0.905. The summed E-state index contributed by atoms with van der Waals surface area (Å²) >= 11 is 0. The number of β-amino-alcohol motifs (C(OH)–C–C–N with tert-alkyl or cyclic N) is 1. The standard InChI is InChI=1S/C26H41N7O3/c1-16(2)13-32-17(3)19(12-28-32)11-27-25(36)22-9-20(34)14-31(22)24(35)10-23(26(4,5)6)33-15-21(29-30-33)18-7-8-18/h12,15-16,18,20,22-23,34H,7-11,13-14H2,1-6H3,(H,27,36)/t20-,22+,23-/m1/s1. The minimum Gasteiger partial charge on any atom is -0.391 e. The molecule has 1 saturated carbocycles. The lowest BCUT2D eigenvalue weighted by molar-refractivity contribution is -0.139. The second-order valence-electron chi connectivity index (χ2n) is 12.0. The van der Waals surface area contributed by atoms with Crippen molar-refractivity contribution in [1.82, 2.24) is 35.0 Å². The van der Waals surface area contributed by atoms with E-state index in [0.29, 0.717) is 18.4 Å². The molecule has 198 valence electrons. The topological polar surface area (TPSA) is 118 Å². The monoisotopic (exact) mass is 499 g/mol. The van der Waals surface area contributed by atoms with Crippen LogP contribution >= 0.6 is 0 Å². The average molecular weight is 500 g/mol. The molecule has 2 aliphatic rings. The number of aliphatic hydroxyl groups excluding tert-OH is 1. The van der Waals surface area contributed by atoms with E-state index in [2.05, 4.69) is 55.3 Å². The van der Waals surface area contributed by atoms with Crippen LogP contribution in [-0.2, 0) is 22.7 Å². The van der Waals surface area contributed by atoms with E-state index in [1.165, 1.54) is 4.90 Å². The van der Waals surface area contributed by atoms with Crippen LogP contribution in [0.4, 0.5) is 0 Å². The lowest BCUT2D eigenvalue weighted by Crippen LogP contribution is -2.46. The fourth-order valence-electron chi connectivity index (χ4n) is 4.91. The van der Waals surface area contributed by atoms with Crippen molar-refractivity contribution >= 4 is 11.8 Å². The molecular weight excluding hydrogens is 458 g/mol. The van der Waals surface area contributed by atoms with Crippen LogP contribution in [0.2, 0.25) is 0 Å². The Morgan fingerprint density at radius 2 is 1.97 bits per heavy atom. The van der Waals surface area contributed by atoms with Gasteiger partial charge in [-0.3, -0.25) is 14.3 Å². The smallest absolute Gasteiger partial charge is 0.243 e. The molecule has 1 aliphatic heterocycles. The summed E-state index contributed by atoms with van der Waals surface area (Å²) in [6.07, 6.45) is 5.72. The summed E-state index contributed by atoms with van der Waals surface area (Å²) in [5.41, 5.74) is 2.71.